The zero-order chi connectivity index (χ0) is 14.0. The first-order valence-corrected chi connectivity index (χ1v) is 5.95. The van der Waals surface area contributed by atoms with Crippen LogP contribution in [0.1, 0.15) is 50.8 Å². The molecule has 1 atom stereocenters. The zero-order valence-corrected chi connectivity index (χ0v) is 10.9. The smallest absolute Gasteiger partial charge is 0.388 e. The topological polar surface area (TPSA) is 20.2 Å². The molecule has 1 aromatic carbocycles. The fourth-order valence-corrected chi connectivity index (χ4v) is 1.66. The average molecular weight is 260 g/mol. The van der Waals surface area contributed by atoms with Crippen LogP contribution >= 0.6 is 0 Å². The van der Waals surface area contributed by atoms with Gasteiger partial charge in [0, 0.05) is 0 Å². The summed E-state index contributed by atoms with van der Waals surface area (Å²) in [5, 5.41) is 9.91. The minimum Gasteiger partial charge on any atom is -0.388 e. The maximum Gasteiger partial charge on any atom is 0.416 e. The van der Waals surface area contributed by atoms with Crippen molar-refractivity contribution < 1.29 is 18.3 Å². The Hall–Kier alpha value is -1.03. The van der Waals surface area contributed by atoms with Gasteiger partial charge >= 0.3 is 6.18 Å². The molecule has 0 amide bonds. The van der Waals surface area contributed by atoms with Crippen molar-refractivity contribution in [2.75, 3.05) is 0 Å². The third-order valence-electron chi connectivity index (χ3n) is 2.77. The molecule has 0 aromatic heterocycles. The number of hydrogen-bond donors (Lipinski definition) is 1. The van der Waals surface area contributed by atoms with E-state index in [1.54, 1.807) is 0 Å². The molecule has 0 fully saturated rings. The quantitative estimate of drug-likeness (QED) is 0.844. The molecule has 1 rings (SSSR count). The molecule has 1 unspecified atom stereocenters. The second-order valence-electron chi connectivity index (χ2n) is 5.74. The van der Waals surface area contributed by atoms with E-state index in [1.807, 2.05) is 20.8 Å². The van der Waals surface area contributed by atoms with Crippen molar-refractivity contribution >= 4 is 0 Å². The third kappa shape index (κ3) is 4.69. The van der Waals surface area contributed by atoms with Crippen molar-refractivity contribution in [3.8, 4) is 0 Å². The van der Waals surface area contributed by atoms with E-state index in [0.29, 0.717) is 12.0 Å². The van der Waals surface area contributed by atoms with Crippen LogP contribution in [0.4, 0.5) is 13.2 Å². The summed E-state index contributed by atoms with van der Waals surface area (Å²) in [6.07, 6.45) is -3.99. The molecule has 0 saturated carbocycles. The predicted octanol–water partition coefficient (Wildman–Crippen LogP) is 4.57. The highest BCUT2D eigenvalue weighted by molar-refractivity contribution is 5.27. The SMILES string of the molecule is CC(C)(C)CCC(O)c1cccc(C(F)(F)F)c1. The molecule has 0 radical (unpaired) electrons. The Morgan fingerprint density at radius 3 is 2.28 bits per heavy atom. The first-order valence-electron chi connectivity index (χ1n) is 5.95. The van der Waals surface area contributed by atoms with Crippen molar-refractivity contribution in [3.63, 3.8) is 0 Å². The van der Waals surface area contributed by atoms with Crippen LogP contribution in [-0.2, 0) is 6.18 Å². The molecule has 0 heterocycles. The maximum absolute atomic E-state index is 12.5. The summed E-state index contributed by atoms with van der Waals surface area (Å²) in [6, 6.07) is 4.90. The van der Waals surface area contributed by atoms with Gasteiger partial charge in [0.05, 0.1) is 11.7 Å². The van der Waals surface area contributed by atoms with Crippen LogP contribution in [0.5, 0.6) is 0 Å². The molecular weight excluding hydrogens is 241 g/mol. The van der Waals surface area contributed by atoms with Gasteiger partial charge in [0.2, 0.25) is 0 Å². The van der Waals surface area contributed by atoms with Crippen LogP contribution in [0.25, 0.3) is 0 Å². The van der Waals surface area contributed by atoms with Crippen molar-refractivity contribution in [1.82, 2.24) is 0 Å². The van der Waals surface area contributed by atoms with Crippen molar-refractivity contribution in [2.24, 2.45) is 5.41 Å². The number of aliphatic hydroxyl groups is 1. The van der Waals surface area contributed by atoms with E-state index in [4.69, 9.17) is 0 Å². The van der Waals surface area contributed by atoms with Crippen LogP contribution in [0.15, 0.2) is 24.3 Å². The van der Waals surface area contributed by atoms with Gasteiger partial charge in [-0.05, 0) is 36.0 Å². The summed E-state index contributed by atoms with van der Waals surface area (Å²) in [4.78, 5) is 0. The second kappa shape index (κ2) is 5.31. The van der Waals surface area contributed by atoms with Crippen molar-refractivity contribution in [1.29, 1.82) is 0 Å². The first kappa shape index (κ1) is 15.0. The Morgan fingerprint density at radius 1 is 1.17 bits per heavy atom. The van der Waals surface area contributed by atoms with Crippen LogP contribution in [-0.4, -0.2) is 5.11 Å². The van der Waals surface area contributed by atoms with Crippen molar-refractivity contribution in [2.45, 2.75) is 45.9 Å². The van der Waals surface area contributed by atoms with Gasteiger partial charge in [-0.15, -0.1) is 0 Å². The molecule has 1 nitrogen and oxygen atoms in total. The molecule has 1 N–H and O–H groups in total. The first-order chi connectivity index (χ1) is 8.09. The highest BCUT2D eigenvalue weighted by Gasteiger charge is 2.30. The van der Waals surface area contributed by atoms with Gasteiger partial charge in [-0.1, -0.05) is 32.9 Å². The number of aliphatic hydroxyl groups excluding tert-OH is 1. The van der Waals surface area contributed by atoms with Gasteiger partial charge in [-0.3, -0.25) is 0 Å². The zero-order valence-electron chi connectivity index (χ0n) is 10.9. The largest absolute Gasteiger partial charge is 0.416 e. The summed E-state index contributed by atoms with van der Waals surface area (Å²) < 4.78 is 37.6. The monoisotopic (exact) mass is 260 g/mol. The normalized spacial score (nSPS) is 14.6. The van der Waals surface area contributed by atoms with Crippen LogP contribution in [0, 0.1) is 5.41 Å². The molecule has 18 heavy (non-hydrogen) atoms. The van der Waals surface area contributed by atoms with Gasteiger partial charge in [0.15, 0.2) is 0 Å². The molecule has 102 valence electrons. The molecule has 0 bridgehead atoms. The van der Waals surface area contributed by atoms with E-state index in [9.17, 15) is 18.3 Å². The van der Waals surface area contributed by atoms with Crippen molar-refractivity contribution in [3.05, 3.63) is 35.4 Å². The highest BCUT2D eigenvalue weighted by atomic mass is 19.4. The Balaban J connectivity index is 2.78. The fourth-order valence-electron chi connectivity index (χ4n) is 1.66. The molecule has 0 spiro atoms. The lowest BCUT2D eigenvalue weighted by atomic mass is 9.88. The van der Waals surface area contributed by atoms with E-state index in [1.165, 1.54) is 12.1 Å². The molecule has 0 aliphatic rings. The number of hydrogen-bond acceptors (Lipinski definition) is 1. The predicted molar refractivity (Wildman–Crippen MR) is 65.1 cm³/mol. The molecule has 0 aliphatic heterocycles. The number of alkyl halides is 3. The summed E-state index contributed by atoms with van der Waals surface area (Å²) in [5.74, 6) is 0. The highest BCUT2D eigenvalue weighted by Crippen LogP contribution is 2.32. The Bertz CT molecular complexity index is 391. The van der Waals surface area contributed by atoms with Crippen LogP contribution in [0.3, 0.4) is 0 Å². The van der Waals surface area contributed by atoms with E-state index in [2.05, 4.69) is 0 Å². The van der Waals surface area contributed by atoms with E-state index < -0.39 is 17.8 Å². The summed E-state index contributed by atoms with van der Waals surface area (Å²) >= 11 is 0. The average Bonchev–Trinajstić information content (AvgIpc) is 2.24. The Kier molecular flexibility index (Phi) is 4.43. The van der Waals surface area contributed by atoms with E-state index in [-0.39, 0.29) is 5.41 Å². The maximum atomic E-state index is 12.5. The minimum atomic E-state index is -4.36. The van der Waals surface area contributed by atoms with Gasteiger partial charge in [-0.25, -0.2) is 0 Å². The summed E-state index contributed by atoms with van der Waals surface area (Å²) in [6.45, 7) is 6.10. The van der Waals surface area contributed by atoms with E-state index >= 15 is 0 Å². The van der Waals surface area contributed by atoms with Gasteiger partial charge in [-0.2, -0.15) is 13.2 Å². The molecule has 0 saturated heterocycles. The lowest BCUT2D eigenvalue weighted by Crippen LogP contribution is -2.10. The van der Waals surface area contributed by atoms with E-state index in [0.717, 1.165) is 18.6 Å². The van der Waals surface area contributed by atoms with Gasteiger partial charge in [0.25, 0.3) is 0 Å². The Labute approximate surface area is 106 Å². The van der Waals surface area contributed by atoms with Crippen LogP contribution in [0.2, 0.25) is 0 Å². The molecule has 1 aromatic rings. The fraction of sp³-hybridized carbons (Fsp3) is 0.571. The minimum absolute atomic E-state index is 0.0582. The number of rotatable bonds is 3. The number of halogens is 3. The lowest BCUT2D eigenvalue weighted by molar-refractivity contribution is -0.137. The standard InChI is InChI=1S/C14H19F3O/c1-13(2,3)8-7-12(18)10-5-4-6-11(9-10)14(15,16)17/h4-6,9,12,18H,7-8H2,1-3H3. The van der Waals surface area contributed by atoms with Crippen LogP contribution < -0.4 is 0 Å². The van der Waals surface area contributed by atoms with Gasteiger partial charge < -0.3 is 5.11 Å². The molecular formula is C14H19F3O. The summed E-state index contributed by atoms with van der Waals surface area (Å²) in [5.41, 5.74) is -0.327. The Morgan fingerprint density at radius 2 is 1.78 bits per heavy atom. The second-order valence-corrected chi connectivity index (χ2v) is 5.74. The molecule has 4 heteroatoms. The molecule has 0 aliphatic carbocycles. The number of benzene rings is 1. The third-order valence-corrected chi connectivity index (χ3v) is 2.77. The van der Waals surface area contributed by atoms with Gasteiger partial charge in [0.1, 0.15) is 0 Å². The summed E-state index contributed by atoms with van der Waals surface area (Å²) in [7, 11) is 0. The lowest BCUT2D eigenvalue weighted by Gasteiger charge is -2.21.